The Kier molecular flexibility index (Phi) is 5.42. The zero-order valence-electron chi connectivity index (χ0n) is 14.9. The Hall–Kier alpha value is -1.81. The normalized spacial score (nSPS) is 20.2. The number of rotatable bonds is 6. The topological polar surface area (TPSA) is 107 Å². The third-order valence-corrected chi connectivity index (χ3v) is 7.21. The molecule has 3 heterocycles. The Morgan fingerprint density at radius 2 is 2.27 bits per heavy atom. The summed E-state index contributed by atoms with van der Waals surface area (Å²) < 4.78 is 30.3. The number of aromatic nitrogens is 3. The third kappa shape index (κ3) is 3.96. The second kappa shape index (κ2) is 7.43. The molecule has 1 aliphatic heterocycles. The molecule has 1 amide bonds. The number of aryl methyl sites for hydroxylation is 1. The molecule has 2 aromatic rings. The van der Waals surface area contributed by atoms with E-state index in [4.69, 9.17) is 4.42 Å². The van der Waals surface area contributed by atoms with E-state index in [2.05, 4.69) is 15.5 Å². The highest BCUT2D eigenvalue weighted by Crippen LogP contribution is 2.29. The Morgan fingerprint density at radius 1 is 1.50 bits per heavy atom. The van der Waals surface area contributed by atoms with E-state index >= 15 is 0 Å². The van der Waals surface area contributed by atoms with E-state index in [9.17, 15) is 13.2 Å². The Labute approximate surface area is 156 Å². The molecule has 3 rings (SSSR count). The zero-order valence-corrected chi connectivity index (χ0v) is 16.6. The van der Waals surface area contributed by atoms with E-state index in [1.807, 2.05) is 24.5 Å². The molecular formula is C16H22N4O4S2. The highest BCUT2D eigenvalue weighted by atomic mass is 32.2. The maximum Gasteiger partial charge on any atom is 0.233 e. The van der Waals surface area contributed by atoms with E-state index in [0.29, 0.717) is 23.9 Å². The third-order valence-electron chi connectivity index (χ3n) is 4.36. The van der Waals surface area contributed by atoms with Gasteiger partial charge in [-0.05, 0) is 33.3 Å². The van der Waals surface area contributed by atoms with Crippen molar-refractivity contribution in [3.63, 3.8) is 0 Å². The van der Waals surface area contributed by atoms with Gasteiger partial charge in [0.2, 0.25) is 5.91 Å². The molecule has 0 aliphatic carbocycles. The van der Waals surface area contributed by atoms with Crippen LogP contribution in [0.3, 0.4) is 0 Å². The molecule has 0 radical (unpaired) electrons. The average molecular weight is 399 g/mol. The molecule has 1 aliphatic rings. The molecule has 2 atom stereocenters. The van der Waals surface area contributed by atoms with Crippen molar-refractivity contribution in [1.29, 1.82) is 0 Å². The van der Waals surface area contributed by atoms with Crippen molar-refractivity contribution < 1.29 is 17.6 Å². The summed E-state index contributed by atoms with van der Waals surface area (Å²) in [7, 11) is -3.02. The number of carbonyl (C=O) groups excluding carboxylic acids is 1. The first-order valence-electron chi connectivity index (χ1n) is 8.46. The van der Waals surface area contributed by atoms with Crippen molar-refractivity contribution in [2.24, 2.45) is 0 Å². The van der Waals surface area contributed by atoms with E-state index in [1.165, 1.54) is 11.8 Å². The van der Waals surface area contributed by atoms with Crippen LogP contribution in [-0.4, -0.2) is 51.9 Å². The predicted octanol–water partition coefficient (Wildman–Crippen LogP) is 1.65. The number of carbonyl (C=O) groups is 1. The standard InChI is InChI=1S/C16H22N4O4S2/c1-4-20-14(13-5-7-24-10(13)2)18-19-16(20)25-11(3)15(21)17-12-6-8-26(22,23)9-12/h5,7,11-12H,4,6,8-9H2,1-3H3,(H,17,21)/t11-,12-/m1/s1. The quantitative estimate of drug-likeness (QED) is 0.737. The number of nitrogens with one attached hydrogen (secondary N) is 1. The van der Waals surface area contributed by atoms with Crippen molar-refractivity contribution >= 4 is 27.5 Å². The fourth-order valence-electron chi connectivity index (χ4n) is 2.92. The lowest BCUT2D eigenvalue weighted by Gasteiger charge is -2.15. The van der Waals surface area contributed by atoms with Gasteiger partial charge in [-0.2, -0.15) is 0 Å². The maximum atomic E-state index is 12.4. The molecule has 0 spiro atoms. The second-order valence-corrected chi connectivity index (χ2v) is 9.85. The van der Waals surface area contributed by atoms with E-state index in [0.717, 1.165) is 11.3 Å². The lowest BCUT2D eigenvalue weighted by atomic mass is 10.2. The Morgan fingerprint density at radius 3 is 2.85 bits per heavy atom. The molecule has 0 unspecified atom stereocenters. The van der Waals surface area contributed by atoms with Crippen LogP contribution in [-0.2, 0) is 21.2 Å². The predicted molar refractivity (Wildman–Crippen MR) is 98.7 cm³/mol. The number of hydrogen-bond acceptors (Lipinski definition) is 7. The minimum absolute atomic E-state index is 0.0190. The smallest absolute Gasteiger partial charge is 0.233 e. The van der Waals surface area contributed by atoms with Crippen LogP contribution in [0.25, 0.3) is 11.4 Å². The summed E-state index contributed by atoms with van der Waals surface area (Å²) in [5, 5.41) is 11.5. The number of hydrogen-bond donors (Lipinski definition) is 1. The van der Waals surface area contributed by atoms with Gasteiger partial charge in [-0.1, -0.05) is 11.8 Å². The summed E-state index contributed by atoms with van der Waals surface area (Å²) in [6.07, 6.45) is 2.08. The molecule has 1 fully saturated rings. The number of thioether (sulfide) groups is 1. The minimum atomic E-state index is -3.02. The number of sulfone groups is 1. The van der Waals surface area contributed by atoms with Crippen LogP contribution in [0.5, 0.6) is 0 Å². The van der Waals surface area contributed by atoms with Gasteiger partial charge < -0.3 is 14.3 Å². The average Bonchev–Trinajstić information content (AvgIpc) is 3.26. The number of nitrogens with zero attached hydrogens (tertiary/aromatic N) is 3. The molecule has 0 saturated carbocycles. The van der Waals surface area contributed by atoms with Gasteiger partial charge in [0.25, 0.3) is 0 Å². The van der Waals surface area contributed by atoms with Crippen molar-refractivity contribution in [3.8, 4) is 11.4 Å². The Balaban J connectivity index is 1.69. The van der Waals surface area contributed by atoms with E-state index in [-0.39, 0.29) is 23.5 Å². The van der Waals surface area contributed by atoms with Gasteiger partial charge in [0.1, 0.15) is 5.76 Å². The SMILES string of the molecule is CCn1c(S[C@H](C)C(=O)N[C@@H]2CCS(=O)(=O)C2)nnc1-c1ccoc1C. The lowest BCUT2D eigenvalue weighted by molar-refractivity contribution is -0.120. The molecule has 26 heavy (non-hydrogen) atoms. The summed E-state index contributed by atoms with van der Waals surface area (Å²) in [6.45, 7) is 6.29. The van der Waals surface area contributed by atoms with Crippen molar-refractivity contribution in [2.75, 3.05) is 11.5 Å². The van der Waals surface area contributed by atoms with Gasteiger partial charge >= 0.3 is 0 Å². The van der Waals surface area contributed by atoms with Crippen LogP contribution < -0.4 is 5.32 Å². The fraction of sp³-hybridized carbons (Fsp3) is 0.562. The summed E-state index contributed by atoms with van der Waals surface area (Å²) >= 11 is 1.31. The van der Waals surface area contributed by atoms with Gasteiger partial charge in [-0.15, -0.1) is 10.2 Å². The van der Waals surface area contributed by atoms with Gasteiger partial charge in [0.05, 0.1) is 28.6 Å². The molecular weight excluding hydrogens is 376 g/mol. The molecule has 10 heteroatoms. The molecule has 0 bridgehead atoms. The highest BCUT2D eigenvalue weighted by Gasteiger charge is 2.30. The lowest BCUT2D eigenvalue weighted by Crippen LogP contribution is -2.40. The second-order valence-electron chi connectivity index (χ2n) is 6.31. The van der Waals surface area contributed by atoms with Gasteiger partial charge in [-0.3, -0.25) is 4.79 Å². The molecule has 1 N–H and O–H groups in total. The fourth-order valence-corrected chi connectivity index (χ4v) is 5.51. The maximum absolute atomic E-state index is 12.4. The van der Waals surface area contributed by atoms with Crippen LogP contribution in [0.1, 0.15) is 26.0 Å². The largest absolute Gasteiger partial charge is 0.469 e. The summed E-state index contributed by atoms with van der Waals surface area (Å²) in [5.41, 5.74) is 0.875. The van der Waals surface area contributed by atoms with Crippen molar-refractivity contribution in [2.45, 2.75) is 50.2 Å². The first kappa shape index (κ1) is 19.0. The van der Waals surface area contributed by atoms with Crippen LogP contribution in [0.15, 0.2) is 21.9 Å². The van der Waals surface area contributed by atoms with Crippen LogP contribution in [0.4, 0.5) is 0 Å². The van der Waals surface area contributed by atoms with Crippen LogP contribution >= 0.6 is 11.8 Å². The van der Waals surface area contributed by atoms with Crippen LogP contribution in [0.2, 0.25) is 0 Å². The molecule has 0 aromatic carbocycles. The number of amides is 1. The van der Waals surface area contributed by atoms with E-state index < -0.39 is 15.1 Å². The zero-order chi connectivity index (χ0) is 18.9. The first-order chi connectivity index (χ1) is 12.3. The summed E-state index contributed by atoms with van der Waals surface area (Å²) in [4.78, 5) is 12.4. The molecule has 1 saturated heterocycles. The Bertz CT molecular complexity index is 903. The van der Waals surface area contributed by atoms with Crippen molar-refractivity contribution in [3.05, 3.63) is 18.1 Å². The van der Waals surface area contributed by atoms with Crippen molar-refractivity contribution in [1.82, 2.24) is 20.1 Å². The van der Waals surface area contributed by atoms with E-state index in [1.54, 1.807) is 13.2 Å². The molecule has 142 valence electrons. The van der Waals surface area contributed by atoms with Crippen LogP contribution in [0, 0.1) is 6.92 Å². The number of furan rings is 1. The van der Waals surface area contributed by atoms with Gasteiger partial charge in [0, 0.05) is 12.6 Å². The van der Waals surface area contributed by atoms with Gasteiger partial charge in [-0.25, -0.2) is 8.42 Å². The summed E-state index contributed by atoms with van der Waals surface area (Å²) in [5.74, 6) is 1.43. The monoisotopic (exact) mass is 398 g/mol. The minimum Gasteiger partial charge on any atom is -0.469 e. The molecule has 8 nitrogen and oxygen atoms in total. The highest BCUT2D eigenvalue weighted by molar-refractivity contribution is 8.00. The first-order valence-corrected chi connectivity index (χ1v) is 11.2. The van der Waals surface area contributed by atoms with Gasteiger partial charge in [0.15, 0.2) is 20.8 Å². The molecule has 2 aromatic heterocycles. The summed E-state index contributed by atoms with van der Waals surface area (Å²) in [6, 6.07) is 1.54.